The van der Waals surface area contributed by atoms with Crippen LogP contribution in [0, 0.1) is 0 Å². The Kier molecular flexibility index (Phi) is 3.82. The van der Waals surface area contributed by atoms with Gasteiger partial charge < -0.3 is 0 Å². The van der Waals surface area contributed by atoms with Crippen molar-refractivity contribution in [2.24, 2.45) is 0 Å². The number of alkyl halides is 10. The van der Waals surface area contributed by atoms with Gasteiger partial charge in [0.05, 0.1) is 0 Å². The molecule has 0 aliphatic rings. The number of hydrogen-bond donors (Lipinski definition) is 0. The second-order valence-electron chi connectivity index (χ2n) is 2.44. The second kappa shape index (κ2) is 3.91. The van der Waals surface area contributed by atoms with Crippen LogP contribution in [0.5, 0.6) is 0 Å². The molecule has 0 saturated carbocycles. The first-order valence-corrected chi connectivity index (χ1v) is 3.48. The summed E-state index contributed by atoms with van der Waals surface area (Å²) in [4.78, 5) is -5.59. The summed E-state index contributed by atoms with van der Waals surface area (Å²) >= 11 is 3.93. The molecule has 0 rings (SSSR count). The Morgan fingerprint density at radius 1 is 0.733 bits per heavy atom. The zero-order chi connectivity index (χ0) is 12.7. The van der Waals surface area contributed by atoms with E-state index in [1.165, 1.54) is 0 Å². The van der Waals surface area contributed by atoms with Crippen LogP contribution in [-0.2, 0) is 0 Å². The lowest BCUT2D eigenvalue weighted by molar-refractivity contribution is -0.290. The number of hydrogen-bond acceptors (Lipinski definition) is 0. The van der Waals surface area contributed by atoms with Gasteiger partial charge in [0, 0.05) is 0 Å². The quantitative estimate of drug-likeness (QED) is 0.529. The first kappa shape index (κ1) is 14.7. The molecule has 0 nitrogen and oxygen atoms in total. The molecule has 15 heavy (non-hydrogen) atoms. The molecule has 0 saturated heterocycles. The van der Waals surface area contributed by atoms with E-state index < -0.39 is 29.8 Å². The number of rotatable bonds is 2. The standard InChI is InChI=1S/C5H2ClF9/c6-3(4(10,11)12,5(13,14)15)1(7)2(8)9/h1-2H. The molecule has 0 aliphatic carbocycles. The lowest BCUT2D eigenvalue weighted by Gasteiger charge is -2.33. The average Bonchev–Trinajstić information content (AvgIpc) is 1.96. The Morgan fingerprint density at radius 2 is 1.00 bits per heavy atom. The second-order valence-corrected chi connectivity index (χ2v) is 3.04. The molecule has 0 aliphatic heterocycles. The first-order valence-electron chi connectivity index (χ1n) is 3.10. The summed E-state index contributed by atoms with van der Waals surface area (Å²) < 4.78 is 106. The number of halogens is 10. The Morgan fingerprint density at radius 3 is 1.07 bits per heavy atom. The van der Waals surface area contributed by atoms with Crippen LogP contribution in [-0.4, -0.2) is 29.8 Å². The molecular weight excluding hydrogens is 266 g/mol. The topological polar surface area (TPSA) is 0 Å². The Bertz CT molecular complexity index is 202. The highest BCUT2D eigenvalue weighted by Gasteiger charge is 2.76. The van der Waals surface area contributed by atoms with Gasteiger partial charge in [0.25, 0.3) is 11.3 Å². The summed E-state index contributed by atoms with van der Waals surface area (Å²) in [5, 5.41) is 0. The zero-order valence-electron chi connectivity index (χ0n) is 6.43. The van der Waals surface area contributed by atoms with E-state index in [0.717, 1.165) is 0 Å². The van der Waals surface area contributed by atoms with Crippen molar-refractivity contribution in [1.82, 2.24) is 0 Å². The monoisotopic (exact) mass is 268 g/mol. The van der Waals surface area contributed by atoms with E-state index in [9.17, 15) is 39.5 Å². The molecule has 0 N–H and O–H groups in total. The normalized spacial score (nSPS) is 17.0. The highest BCUT2D eigenvalue weighted by molar-refractivity contribution is 6.25. The van der Waals surface area contributed by atoms with Gasteiger partial charge in [-0.05, 0) is 0 Å². The molecule has 0 aromatic carbocycles. The molecule has 0 radical (unpaired) electrons. The van der Waals surface area contributed by atoms with Gasteiger partial charge in [-0.15, -0.1) is 0 Å². The van der Waals surface area contributed by atoms with Crippen LogP contribution in [0.15, 0.2) is 0 Å². The maximum Gasteiger partial charge on any atom is 0.419 e. The zero-order valence-corrected chi connectivity index (χ0v) is 7.19. The summed E-state index contributed by atoms with van der Waals surface area (Å²) in [7, 11) is 0. The summed E-state index contributed by atoms with van der Waals surface area (Å²) in [6, 6.07) is 0. The van der Waals surface area contributed by atoms with Crippen LogP contribution < -0.4 is 0 Å². The van der Waals surface area contributed by atoms with E-state index in [1.807, 2.05) is 0 Å². The smallest absolute Gasteiger partial charge is 0.238 e. The highest BCUT2D eigenvalue weighted by atomic mass is 35.5. The third-order valence-corrected chi connectivity index (χ3v) is 2.06. The van der Waals surface area contributed by atoms with E-state index in [4.69, 9.17) is 0 Å². The van der Waals surface area contributed by atoms with E-state index >= 15 is 0 Å². The molecule has 0 fully saturated rings. The fourth-order valence-corrected chi connectivity index (χ4v) is 0.742. The van der Waals surface area contributed by atoms with E-state index in [-0.39, 0.29) is 0 Å². The summed E-state index contributed by atoms with van der Waals surface area (Å²) in [5.74, 6) is 0. The molecule has 0 aromatic rings. The largest absolute Gasteiger partial charge is 0.419 e. The molecule has 0 heterocycles. The Labute approximate surface area is 82.0 Å². The maximum atomic E-state index is 12.2. The predicted molar refractivity (Wildman–Crippen MR) is 31.6 cm³/mol. The molecule has 0 aromatic heterocycles. The van der Waals surface area contributed by atoms with Gasteiger partial charge in [0.15, 0.2) is 6.17 Å². The fourth-order valence-electron chi connectivity index (χ4n) is 0.647. The van der Waals surface area contributed by atoms with Crippen molar-refractivity contribution in [3.05, 3.63) is 0 Å². The van der Waals surface area contributed by atoms with Crippen LogP contribution in [0.4, 0.5) is 39.5 Å². The minimum atomic E-state index is -6.37. The van der Waals surface area contributed by atoms with Gasteiger partial charge >= 0.3 is 12.4 Å². The van der Waals surface area contributed by atoms with Crippen molar-refractivity contribution in [2.45, 2.75) is 29.8 Å². The first-order chi connectivity index (χ1) is 6.35. The third kappa shape index (κ3) is 2.43. The van der Waals surface area contributed by atoms with Crippen molar-refractivity contribution >= 4 is 11.6 Å². The van der Waals surface area contributed by atoms with Gasteiger partial charge in [0.2, 0.25) is 0 Å². The Balaban J connectivity index is 5.43. The van der Waals surface area contributed by atoms with Gasteiger partial charge in [-0.2, -0.15) is 26.3 Å². The van der Waals surface area contributed by atoms with Crippen molar-refractivity contribution in [2.75, 3.05) is 0 Å². The molecule has 1 atom stereocenters. The SMILES string of the molecule is FC(F)C(F)C(Cl)(C(F)(F)F)C(F)(F)F. The summed E-state index contributed by atoms with van der Waals surface area (Å²) in [6.45, 7) is 0. The van der Waals surface area contributed by atoms with Crippen LogP contribution in [0.2, 0.25) is 0 Å². The Hall–Kier alpha value is -0.340. The molecule has 0 spiro atoms. The molecule has 0 bridgehead atoms. The lowest BCUT2D eigenvalue weighted by Crippen LogP contribution is -2.60. The van der Waals surface area contributed by atoms with Crippen molar-refractivity contribution in [3.8, 4) is 0 Å². The van der Waals surface area contributed by atoms with Gasteiger partial charge in [-0.1, -0.05) is 11.6 Å². The van der Waals surface area contributed by atoms with E-state index in [2.05, 4.69) is 11.6 Å². The predicted octanol–water partition coefficient (Wildman–Crippen LogP) is 3.69. The minimum Gasteiger partial charge on any atom is -0.238 e. The van der Waals surface area contributed by atoms with Crippen molar-refractivity contribution in [3.63, 3.8) is 0 Å². The van der Waals surface area contributed by atoms with Gasteiger partial charge in [-0.25, -0.2) is 13.2 Å². The molecule has 10 heteroatoms. The highest BCUT2D eigenvalue weighted by Crippen LogP contribution is 2.52. The van der Waals surface area contributed by atoms with Gasteiger partial charge in [-0.3, -0.25) is 0 Å². The summed E-state index contributed by atoms with van der Waals surface area (Å²) in [5.41, 5.74) is 0. The average molecular weight is 269 g/mol. The molecule has 0 amide bonds. The lowest BCUT2D eigenvalue weighted by atomic mass is 10.0. The maximum absolute atomic E-state index is 12.2. The van der Waals surface area contributed by atoms with Crippen LogP contribution >= 0.6 is 11.6 Å². The van der Waals surface area contributed by atoms with Crippen molar-refractivity contribution in [1.29, 1.82) is 0 Å². The fraction of sp³-hybridized carbons (Fsp3) is 1.00. The molecule has 92 valence electrons. The van der Waals surface area contributed by atoms with Crippen LogP contribution in [0.1, 0.15) is 0 Å². The van der Waals surface area contributed by atoms with E-state index in [1.54, 1.807) is 0 Å². The minimum absolute atomic E-state index is 3.93. The third-order valence-electron chi connectivity index (χ3n) is 1.43. The van der Waals surface area contributed by atoms with Gasteiger partial charge in [0.1, 0.15) is 0 Å². The molecule has 1 unspecified atom stereocenters. The molecular formula is C5H2ClF9. The summed E-state index contributed by atoms with van der Waals surface area (Å²) in [6.07, 6.45) is -21.8. The van der Waals surface area contributed by atoms with Crippen LogP contribution in [0.3, 0.4) is 0 Å². The van der Waals surface area contributed by atoms with Crippen LogP contribution in [0.25, 0.3) is 0 Å². The van der Waals surface area contributed by atoms with E-state index in [0.29, 0.717) is 0 Å². The van der Waals surface area contributed by atoms with Crippen molar-refractivity contribution < 1.29 is 39.5 Å².